The second kappa shape index (κ2) is 9.35. The number of hydrogen-bond acceptors (Lipinski definition) is 3. The highest BCUT2D eigenvalue weighted by molar-refractivity contribution is 5.95. The van der Waals surface area contributed by atoms with Crippen molar-refractivity contribution in [2.75, 3.05) is 6.54 Å². The second-order valence-corrected chi connectivity index (χ2v) is 10.2. The van der Waals surface area contributed by atoms with Gasteiger partial charge >= 0.3 is 0 Å². The van der Waals surface area contributed by atoms with Crippen LogP contribution in [0.5, 0.6) is 0 Å². The zero-order valence-electron chi connectivity index (χ0n) is 19.2. The Balaban J connectivity index is 1.28. The first-order valence-corrected chi connectivity index (χ1v) is 11.6. The fourth-order valence-corrected chi connectivity index (χ4v) is 4.83. The van der Waals surface area contributed by atoms with Crippen LogP contribution in [0.25, 0.3) is 0 Å². The maximum Gasteiger partial charge on any atom is 0.271 e. The number of benzene rings is 2. The van der Waals surface area contributed by atoms with Gasteiger partial charge in [0.05, 0.1) is 0 Å². The minimum atomic E-state index is -0.121. The van der Waals surface area contributed by atoms with Gasteiger partial charge in [0.25, 0.3) is 5.91 Å². The third kappa shape index (κ3) is 5.62. The Bertz CT molecular complexity index is 930. The maximum atomic E-state index is 12.5. The molecule has 0 unspecified atom stereocenters. The summed E-state index contributed by atoms with van der Waals surface area (Å²) in [5.74, 6) is 0.618. The SMILES string of the molecule is CC(C)(C)C1CCC(=NNC(=O)c2ccc(CN3CCc4ccccc4C3)cc2)CC1. The lowest BCUT2D eigenvalue weighted by Gasteiger charge is -2.34. The van der Waals surface area contributed by atoms with E-state index in [4.69, 9.17) is 0 Å². The fourth-order valence-electron chi connectivity index (χ4n) is 4.83. The molecule has 1 aliphatic carbocycles. The van der Waals surface area contributed by atoms with E-state index < -0.39 is 0 Å². The first-order chi connectivity index (χ1) is 14.9. The molecular weight excluding hydrogens is 382 g/mol. The van der Waals surface area contributed by atoms with Crippen LogP contribution in [-0.4, -0.2) is 23.1 Å². The van der Waals surface area contributed by atoms with Crippen LogP contribution in [-0.2, 0) is 19.5 Å². The van der Waals surface area contributed by atoms with Crippen molar-refractivity contribution in [1.29, 1.82) is 0 Å². The van der Waals surface area contributed by atoms with Gasteiger partial charge < -0.3 is 0 Å². The molecule has 0 aromatic heterocycles. The average Bonchev–Trinajstić information content (AvgIpc) is 2.77. The zero-order valence-corrected chi connectivity index (χ0v) is 19.2. The van der Waals surface area contributed by atoms with Gasteiger partial charge in [0, 0.05) is 30.9 Å². The Morgan fingerprint density at radius 3 is 2.35 bits per heavy atom. The lowest BCUT2D eigenvalue weighted by Crippen LogP contribution is -2.30. The van der Waals surface area contributed by atoms with E-state index in [0.717, 1.165) is 63.4 Å². The zero-order chi connectivity index (χ0) is 21.8. The van der Waals surface area contributed by atoms with Crippen molar-refractivity contribution in [2.45, 2.75) is 66.0 Å². The number of nitrogens with one attached hydrogen (secondary N) is 1. The lowest BCUT2D eigenvalue weighted by atomic mass is 9.72. The summed E-state index contributed by atoms with van der Waals surface area (Å²) in [6.45, 7) is 9.92. The Hall–Kier alpha value is -2.46. The number of hydrogen-bond donors (Lipinski definition) is 1. The molecule has 1 heterocycles. The summed E-state index contributed by atoms with van der Waals surface area (Å²) in [6, 6.07) is 16.7. The van der Waals surface area contributed by atoms with Crippen LogP contribution in [0.1, 0.15) is 73.5 Å². The summed E-state index contributed by atoms with van der Waals surface area (Å²) in [5.41, 5.74) is 9.06. The van der Waals surface area contributed by atoms with Crippen molar-refractivity contribution in [1.82, 2.24) is 10.3 Å². The number of fused-ring (bicyclic) bond motifs is 1. The minimum absolute atomic E-state index is 0.121. The second-order valence-electron chi connectivity index (χ2n) is 10.2. The Kier molecular flexibility index (Phi) is 6.57. The summed E-state index contributed by atoms with van der Waals surface area (Å²) < 4.78 is 0. The van der Waals surface area contributed by atoms with E-state index in [2.05, 4.69) is 72.6 Å². The molecule has 31 heavy (non-hydrogen) atoms. The first kappa shape index (κ1) is 21.8. The van der Waals surface area contributed by atoms with E-state index in [0.29, 0.717) is 11.0 Å². The quantitative estimate of drug-likeness (QED) is 0.661. The van der Waals surface area contributed by atoms with Gasteiger partial charge in [-0.3, -0.25) is 9.69 Å². The Morgan fingerprint density at radius 1 is 1.00 bits per heavy atom. The number of amides is 1. The number of hydrazone groups is 1. The smallest absolute Gasteiger partial charge is 0.271 e. The molecule has 1 fully saturated rings. The van der Waals surface area contributed by atoms with E-state index in [-0.39, 0.29) is 5.91 Å². The van der Waals surface area contributed by atoms with Crippen LogP contribution in [0.3, 0.4) is 0 Å². The Labute approximate surface area is 186 Å². The van der Waals surface area contributed by atoms with Crippen molar-refractivity contribution < 1.29 is 4.79 Å². The van der Waals surface area contributed by atoms with Crippen LogP contribution < -0.4 is 5.43 Å². The van der Waals surface area contributed by atoms with Gasteiger partial charge in [-0.2, -0.15) is 5.10 Å². The molecular formula is C27H35N3O. The molecule has 1 saturated carbocycles. The molecule has 4 heteroatoms. The highest BCUT2D eigenvalue weighted by Gasteiger charge is 2.28. The van der Waals surface area contributed by atoms with Crippen LogP contribution in [0.4, 0.5) is 0 Å². The molecule has 0 spiro atoms. The predicted octanol–water partition coefficient (Wildman–Crippen LogP) is 5.57. The summed E-state index contributed by atoms with van der Waals surface area (Å²) in [5, 5.41) is 4.42. The number of nitrogens with zero attached hydrogens (tertiary/aromatic N) is 2. The van der Waals surface area contributed by atoms with Gasteiger partial charge in [-0.1, -0.05) is 57.2 Å². The van der Waals surface area contributed by atoms with Crippen LogP contribution in [0.15, 0.2) is 53.6 Å². The Morgan fingerprint density at radius 2 is 1.68 bits per heavy atom. The molecule has 1 aliphatic heterocycles. The van der Waals surface area contributed by atoms with Crippen molar-refractivity contribution in [2.24, 2.45) is 16.4 Å². The van der Waals surface area contributed by atoms with Crippen molar-refractivity contribution in [3.8, 4) is 0 Å². The number of carbonyl (C=O) groups excluding carboxylic acids is 1. The molecule has 4 nitrogen and oxygen atoms in total. The maximum absolute atomic E-state index is 12.5. The summed E-state index contributed by atoms with van der Waals surface area (Å²) in [7, 11) is 0. The summed E-state index contributed by atoms with van der Waals surface area (Å²) >= 11 is 0. The molecule has 0 radical (unpaired) electrons. The molecule has 1 N–H and O–H groups in total. The van der Waals surface area contributed by atoms with Gasteiger partial charge in [0.2, 0.25) is 0 Å². The number of rotatable bonds is 4. The fraction of sp³-hybridized carbons (Fsp3) is 0.481. The summed E-state index contributed by atoms with van der Waals surface area (Å²) in [6.07, 6.45) is 5.40. The van der Waals surface area contributed by atoms with Gasteiger partial charge in [-0.05, 0) is 72.3 Å². The van der Waals surface area contributed by atoms with Gasteiger partial charge in [-0.25, -0.2) is 5.43 Å². The molecule has 2 aliphatic rings. The topological polar surface area (TPSA) is 44.7 Å². The van der Waals surface area contributed by atoms with E-state index in [1.165, 1.54) is 16.7 Å². The van der Waals surface area contributed by atoms with E-state index >= 15 is 0 Å². The normalized spacial score (nSPS) is 19.6. The molecule has 2 aromatic rings. The van der Waals surface area contributed by atoms with Gasteiger partial charge in [0.1, 0.15) is 0 Å². The molecule has 0 saturated heterocycles. The van der Waals surface area contributed by atoms with Crippen molar-refractivity contribution in [3.05, 3.63) is 70.8 Å². The van der Waals surface area contributed by atoms with Crippen LogP contribution in [0.2, 0.25) is 0 Å². The van der Waals surface area contributed by atoms with Crippen molar-refractivity contribution >= 4 is 11.6 Å². The lowest BCUT2D eigenvalue weighted by molar-refractivity contribution is 0.0954. The van der Waals surface area contributed by atoms with Crippen LogP contribution in [0, 0.1) is 11.3 Å². The highest BCUT2D eigenvalue weighted by Crippen LogP contribution is 2.36. The van der Waals surface area contributed by atoms with E-state index in [1.54, 1.807) is 0 Å². The molecule has 164 valence electrons. The third-order valence-electron chi connectivity index (χ3n) is 6.94. The van der Waals surface area contributed by atoms with Gasteiger partial charge in [0.15, 0.2) is 0 Å². The van der Waals surface area contributed by atoms with E-state index in [9.17, 15) is 4.79 Å². The highest BCUT2D eigenvalue weighted by atomic mass is 16.2. The third-order valence-corrected chi connectivity index (χ3v) is 6.94. The number of carbonyl (C=O) groups is 1. The standard InChI is InChI=1S/C27H35N3O/c1-27(2,3)24-12-14-25(15-13-24)28-29-26(31)22-10-8-20(9-11-22)18-30-17-16-21-6-4-5-7-23(21)19-30/h4-11,24H,12-19H2,1-3H3,(H,29,31). The molecule has 1 amide bonds. The largest absolute Gasteiger partial charge is 0.294 e. The van der Waals surface area contributed by atoms with Gasteiger partial charge in [-0.15, -0.1) is 0 Å². The molecule has 0 bridgehead atoms. The molecule has 4 rings (SSSR count). The first-order valence-electron chi connectivity index (χ1n) is 11.6. The molecule has 2 aromatic carbocycles. The minimum Gasteiger partial charge on any atom is -0.294 e. The monoisotopic (exact) mass is 417 g/mol. The average molecular weight is 418 g/mol. The van der Waals surface area contributed by atoms with Crippen molar-refractivity contribution in [3.63, 3.8) is 0 Å². The molecule has 0 atom stereocenters. The van der Waals surface area contributed by atoms with E-state index in [1.807, 2.05) is 12.1 Å². The predicted molar refractivity (Wildman–Crippen MR) is 127 cm³/mol. The summed E-state index contributed by atoms with van der Waals surface area (Å²) in [4.78, 5) is 15.0. The van der Waals surface area contributed by atoms with Crippen LogP contribution >= 0.6 is 0 Å².